The molecule has 5 heteroatoms. The molecule has 1 aromatic carbocycles. The van der Waals surface area contributed by atoms with Crippen LogP contribution >= 0.6 is 0 Å². The molecule has 0 radical (unpaired) electrons. The maximum absolute atomic E-state index is 12.4. The lowest BCUT2D eigenvalue weighted by atomic mass is 9.59. The summed E-state index contributed by atoms with van der Waals surface area (Å²) in [6.45, 7) is 7.06. The zero-order valence-electron chi connectivity index (χ0n) is 15.4. The van der Waals surface area contributed by atoms with E-state index in [0.717, 1.165) is 25.7 Å². The fourth-order valence-corrected chi connectivity index (χ4v) is 3.81. The number of nitrogens with zero attached hydrogens (tertiary/aromatic N) is 1. The highest BCUT2D eigenvalue weighted by molar-refractivity contribution is 5.94. The fraction of sp³-hybridized carbons (Fsp3) is 0.600. The molecule has 1 saturated carbocycles. The molecule has 0 aromatic heterocycles. The summed E-state index contributed by atoms with van der Waals surface area (Å²) in [5, 5.41) is 3.20. The topological polar surface area (TPSA) is 58.6 Å². The van der Waals surface area contributed by atoms with Crippen molar-refractivity contribution in [2.24, 2.45) is 5.41 Å². The predicted octanol–water partition coefficient (Wildman–Crippen LogP) is 3.60. The van der Waals surface area contributed by atoms with Crippen LogP contribution in [0.2, 0.25) is 0 Å². The summed E-state index contributed by atoms with van der Waals surface area (Å²) >= 11 is 0. The van der Waals surface area contributed by atoms with E-state index in [1.165, 1.54) is 0 Å². The molecule has 1 spiro atoms. The SMILES string of the molecule is CC(C)(C)OC(=O)N1CCC2(CCC2NC(=O)c2ccccc2)CC1. The van der Waals surface area contributed by atoms with Crippen molar-refractivity contribution in [3.8, 4) is 0 Å². The maximum Gasteiger partial charge on any atom is 0.410 e. The van der Waals surface area contributed by atoms with Crippen LogP contribution in [0, 0.1) is 5.41 Å². The van der Waals surface area contributed by atoms with Crippen molar-refractivity contribution in [1.82, 2.24) is 10.2 Å². The molecule has 2 aliphatic rings. The van der Waals surface area contributed by atoms with E-state index in [2.05, 4.69) is 5.32 Å². The third-order valence-corrected chi connectivity index (χ3v) is 5.42. The Balaban J connectivity index is 1.54. The highest BCUT2D eigenvalue weighted by atomic mass is 16.6. The Kier molecular flexibility index (Phi) is 4.76. The van der Waals surface area contributed by atoms with E-state index in [9.17, 15) is 9.59 Å². The normalized spacial score (nSPS) is 22.2. The van der Waals surface area contributed by atoms with Gasteiger partial charge in [-0.15, -0.1) is 0 Å². The van der Waals surface area contributed by atoms with Crippen LogP contribution in [0.1, 0.15) is 56.8 Å². The third kappa shape index (κ3) is 3.97. The van der Waals surface area contributed by atoms with Gasteiger partial charge < -0.3 is 15.0 Å². The summed E-state index contributed by atoms with van der Waals surface area (Å²) in [6.07, 6.45) is 3.75. The van der Waals surface area contributed by atoms with E-state index in [-0.39, 0.29) is 23.5 Å². The molecule has 25 heavy (non-hydrogen) atoms. The lowest BCUT2D eigenvalue weighted by Gasteiger charge is -2.53. The van der Waals surface area contributed by atoms with Gasteiger partial charge in [-0.1, -0.05) is 18.2 Å². The van der Waals surface area contributed by atoms with Crippen molar-refractivity contribution < 1.29 is 14.3 Å². The minimum absolute atomic E-state index is 0.000697. The van der Waals surface area contributed by atoms with Crippen LogP contribution in [0.15, 0.2) is 30.3 Å². The maximum atomic E-state index is 12.4. The predicted molar refractivity (Wildman–Crippen MR) is 96.4 cm³/mol. The number of ether oxygens (including phenoxy) is 1. The van der Waals surface area contributed by atoms with Gasteiger partial charge in [0.1, 0.15) is 5.60 Å². The zero-order valence-corrected chi connectivity index (χ0v) is 15.4. The average molecular weight is 344 g/mol. The summed E-state index contributed by atoms with van der Waals surface area (Å²) in [7, 11) is 0. The largest absolute Gasteiger partial charge is 0.444 e. The number of piperidine rings is 1. The minimum atomic E-state index is -0.463. The number of benzene rings is 1. The van der Waals surface area contributed by atoms with Crippen LogP contribution in [0.4, 0.5) is 4.79 Å². The molecular weight excluding hydrogens is 316 g/mol. The van der Waals surface area contributed by atoms with Crippen molar-refractivity contribution in [1.29, 1.82) is 0 Å². The number of hydrogen-bond acceptors (Lipinski definition) is 3. The molecule has 1 unspecified atom stereocenters. The van der Waals surface area contributed by atoms with Crippen LogP contribution in [-0.4, -0.2) is 41.6 Å². The Morgan fingerprint density at radius 1 is 1.12 bits per heavy atom. The second-order valence-electron chi connectivity index (χ2n) is 8.26. The van der Waals surface area contributed by atoms with Gasteiger partial charge in [-0.3, -0.25) is 4.79 Å². The number of likely N-dealkylation sites (tertiary alicyclic amines) is 1. The molecule has 2 amide bonds. The third-order valence-electron chi connectivity index (χ3n) is 5.42. The molecule has 1 aliphatic heterocycles. The molecule has 2 fully saturated rings. The molecular formula is C20H28N2O3. The van der Waals surface area contributed by atoms with Gasteiger partial charge in [-0.25, -0.2) is 4.79 Å². The first-order chi connectivity index (χ1) is 11.8. The van der Waals surface area contributed by atoms with Crippen molar-refractivity contribution in [2.75, 3.05) is 13.1 Å². The van der Waals surface area contributed by atoms with Gasteiger partial charge in [0.15, 0.2) is 0 Å². The van der Waals surface area contributed by atoms with E-state index in [1.807, 2.05) is 51.1 Å². The second-order valence-corrected chi connectivity index (χ2v) is 8.26. The highest BCUT2D eigenvalue weighted by Crippen LogP contribution is 2.49. The first-order valence-corrected chi connectivity index (χ1v) is 9.13. The lowest BCUT2D eigenvalue weighted by molar-refractivity contribution is -0.0223. The number of amides is 2. The number of carbonyl (C=O) groups is 2. The van der Waals surface area contributed by atoms with Gasteiger partial charge in [0.05, 0.1) is 0 Å². The molecule has 1 atom stereocenters. The van der Waals surface area contributed by atoms with Crippen LogP contribution in [-0.2, 0) is 4.74 Å². The molecule has 1 N–H and O–H groups in total. The number of carbonyl (C=O) groups excluding carboxylic acids is 2. The molecule has 1 aromatic rings. The Morgan fingerprint density at radius 2 is 1.76 bits per heavy atom. The number of rotatable bonds is 2. The molecule has 5 nitrogen and oxygen atoms in total. The van der Waals surface area contributed by atoms with E-state index in [1.54, 1.807) is 4.90 Å². The first-order valence-electron chi connectivity index (χ1n) is 9.13. The molecule has 1 aliphatic carbocycles. The van der Waals surface area contributed by atoms with Crippen LogP contribution < -0.4 is 5.32 Å². The van der Waals surface area contributed by atoms with Crippen molar-refractivity contribution in [3.05, 3.63) is 35.9 Å². The van der Waals surface area contributed by atoms with Gasteiger partial charge in [0.25, 0.3) is 5.91 Å². The summed E-state index contributed by atoms with van der Waals surface area (Å²) in [4.78, 5) is 26.4. The summed E-state index contributed by atoms with van der Waals surface area (Å²) in [5.74, 6) is -0.000697. The van der Waals surface area contributed by atoms with Crippen LogP contribution in [0.25, 0.3) is 0 Å². The Hall–Kier alpha value is -2.04. The monoisotopic (exact) mass is 344 g/mol. The quantitative estimate of drug-likeness (QED) is 0.892. The highest BCUT2D eigenvalue weighted by Gasteiger charge is 2.49. The Bertz CT molecular complexity index is 628. The smallest absolute Gasteiger partial charge is 0.410 e. The summed E-state index contributed by atoms with van der Waals surface area (Å²) < 4.78 is 5.46. The van der Waals surface area contributed by atoms with Crippen LogP contribution in [0.3, 0.4) is 0 Å². The molecule has 0 bridgehead atoms. The average Bonchev–Trinajstić information content (AvgIpc) is 2.58. The van der Waals surface area contributed by atoms with Crippen molar-refractivity contribution in [3.63, 3.8) is 0 Å². The van der Waals surface area contributed by atoms with Crippen molar-refractivity contribution in [2.45, 2.75) is 58.1 Å². The van der Waals surface area contributed by atoms with Gasteiger partial charge >= 0.3 is 6.09 Å². The summed E-state index contributed by atoms with van der Waals surface area (Å²) in [6, 6.07) is 9.56. The van der Waals surface area contributed by atoms with Gasteiger partial charge in [0, 0.05) is 24.7 Å². The van der Waals surface area contributed by atoms with Crippen molar-refractivity contribution >= 4 is 12.0 Å². The fourth-order valence-electron chi connectivity index (χ4n) is 3.81. The summed E-state index contributed by atoms with van der Waals surface area (Å²) in [5.41, 5.74) is 0.383. The molecule has 136 valence electrons. The molecule has 3 rings (SSSR count). The Morgan fingerprint density at radius 3 is 2.28 bits per heavy atom. The van der Waals surface area contributed by atoms with Crippen LogP contribution in [0.5, 0.6) is 0 Å². The number of nitrogens with one attached hydrogen (secondary N) is 1. The Labute approximate surface area is 149 Å². The second kappa shape index (κ2) is 6.70. The first kappa shape index (κ1) is 17.8. The van der Waals surface area contributed by atoms with E-state index >= 15 is 0 Å². The zero-order chi connectivity index (χ0) is 18.1. The lowest BCUT2D eigenvalue weighted by Crippen LogP contribution is -2.59. The van der Waals surface area contributed by atoms with Gasteiger partial charge in [-0.2, -0.15) is 0 Å². The van der Waals surface area contributed by atoms with E-state index in [0.29, 0.717) is 18.7 Å². The minimum Gasteiger partial charge on any atom is -0.444 e. The van der Waals surface area contributed by atoms with E-state index in [4.69, 9.17) is 4.74 Å². The van der Waals surface area contributed by atoms with Gasteiger partial charge in [0.2, 0.25) is 0 Å². The van der Waals surface area contributed by atoms with E-state index < -0.39 is 5.60 Å². The molecule has 1 heterocycles. The standard InChI is InChI=1S/C20H28N2O3/c1-19(2,3)25-18(24)22-13-11-20(12-14-22)10-9-16(20)21-17(23)15-7-5-4-6-8-15/h4-8,16H,9-14H2,1-3H3,(H,21,23). The molecule has 1 saturated heterocycles. The van der Waals surface area contributed by atoms with Gasteiger partial charge in [-0.05, 0) is 64.0 Å². The number of hydrogen-bond donors (Lipinski definition) is 1.